The summed E-state index contributed by atoms with van der Waals surface area (Å²) < 4.78 is 0. The van der Waals surface area contributed by atoms with Crippen molar-refractivity contribution in [2.75, 3.05) is 25.9 Å². The predicted molar refractivity (Wildman–Crippen MR) is 75.3 cm³/mol. The van der Waals surface area contributed by atoms with Gasteiger partial charge in [0.05, 0.1) is 6.04 Å². The van der Waals surface area contributed by atoms with Gasteiger partial charge in [-0.25, -0.2) is 4.98 Å². The molecule has 1 aliphatic rings. The number of nitrogens with one attached hydrogen (secondary N) is 1. The lowest BCUT2D eigenvalue weighted by atomic mass is 9.87. The van der Waals surface area contributed by atoms with Gasteiger partial charge in [-0.2, -0.15) is 0 Å². The zero-order valence-corrected chi connectivity index (χ0v) is 11.6. The SMILES string of the molecule is CNC(c1cccnc1N)C(C)(C)N1CCCC1. The summed E-state index contributed by atoms with van der Waals surface area (Å²) in [5.74, 6) is 0.629. The summed E-state index contributed by atoms with van der Waals surface area (Å²) in [6.45, 7) is 6.91. The molecule has 0 bridgehead atoms. The third kappa shape index (κ3) is 2.35. The fourth-order valence-electron chi connectivity index (χ4n) is 3.04. The maximum absolute atomic E-state index is 6.02. The van der Waals surface area contributed by atoms with E-state index in [1.807, 2.05) is 13.1 Å². The van der Waals surface area contributed by atoms with E-state index in [4.69, 9.17) is 5.73 Å². The maximum atomic E-state index is 6.02. The Labute approximate surface area is 110 Å². The molecule has 2 rings (SSSR count). The van der Waals surface area contributed by atoms with Crippen molar-refractivity contribution in [3.63, 3.8) is 0 Å². The summed E-state index contributed by atoms with van der Waals surface area (Å²) in [4.78, 5) is 6.75. The summed E-state index contributed by atoms with van der Waals surface area (Å²) in [6, 6.07) is 4.22. The van der Waals surface area contributed by atoms with Gasteiger partial charge < -0.3 is 11.1 Å². The van der Waals surface area contributed by atoms with Crippen LogP contribution in [0.5, 0.6) is 0 Å². The van der Waals surface area contributed by atoms with Crippen molar-refractivity contribution in [3.8, 4) is 0 Å². The van der Waals surface area contributed by atoms with Crippen LogP contribution in [0.15, 0.2) is 18.3 Å². The standard InChI is InChI=1S/C14H24N4/c1-14(2,18-9-4-5-10-18)12(16-3)11-7-6-8-17-13(11)15/h6-8,12,16H,4-5,9-10H2,1-3H3,(H2,15,17). The number of hydrogen-bond acceptors (Lipinski definition) is 4. The second-order valence-electron chi connectivity index (χ2n) is 5.55. The van der Waals surface area contributed by atoms with Crippen molar-refractivity contribution in [2.45, 2.75) is 38.3 Å². The molecule has 0 saturated carbocycles. The molecule has 18 heavy (non-hydrogen) atoms. The van der Waals surface area contributed by atoms with E-state index in [9.17, 15) is 0 Å². The Balaban J connectivity index is 2.30. The van der Waals surface area contributed by atoms with Gasteiger partial charge in [0.2, 0.25) is 0 Å². The van der Waals surface area contributed by atoms with Gasteiger partial charge in [0.25, 0.3) is 0 Å². The number of likely N-dealkylation sites (tertiary alicyclic amines) is 1. The fourth-order valence-corrected chi connectivity index (χ4v) is 3.04. The quantitative estimate of drug-likeness (QED) is 0.853. The molecule has 1 aromatic heterocycles. The van der Waals surface area contributed by atoms with Gasteiger partial charge in [0, 0.05) is 17.3 Å². The molecule has 1 aliphatic heterocycles. The van der Waals surface area contributed by atoms with Crippen molar-refractivity contribution in [3.05, 3.63) is 23.9 Å². The minimum atomic E-state index is 0.0441. The molecular formula is C14H24N4. The van der Waals surface area contributed by atoms with Gasteiger partial charge in [-0.15, -0.1) is 0 Å². The van der Waals surface area contributed by atoms with Crippen LogP contribution in [-0.4, -0.2) is 35.6 Å². The van der Waals surface area contributed by atoms with Crippen LogP contribution in [0.25, 0.3) is 0 Å². The largest absolute Gasteiger partial charge is 0.383 e. The Morgan fingerprint density at radius 1 is 1.39 bits per heavy atom. The molecule has 1 fully saturated rings. The molecule has 1 atom stereocenters. The Morgan fingerprint density at radius 2 is 2.06 bits per heavy atom. The molecule has 0 aliphatic carbocycles. The summed E-state index contributed by atoms with van der Waals surface area (Å²) >= 11 is 0. The van der Waals surface area contributed by atoms with Crippen LogP contribution in [0.2, 0.25) is 0 Å². The number of nitrogens with two attached hydrogens (primary N) is 1. The molecule has 4 heteroatoms. The van der Waals surface area contributed by atoms with Gasteiger partial charge in [-0.1, -0.05) is 6.07 Å². The lowest BCUT2D eigenvalue weighted by molar-refractivity contribution is 0.110. The van der Waals surface area contributed by atoms with Crippen LogP contribution in [0.1, 0.15) is 38.3 Å². The molecule has 1 aromatic rings. The highest BCUT2D eigenvalue weighted by atomic mass is 15.2. The van der Waals surface area contributed by atoms with Crippen LogP contribution >= 0.6 is 0 Å². The average Bonchev–Trinajstić information content (AvgIpc) is 2.86. The highest BCUT2D eigenvalue weighted by molar-refractivity contribution is 5.42. The van der Waals surface area contributed by atoms with E-state index in [0.29, 0.717) is 5.82 Å². The first-order valence-corrected chi connectivity index (χ1v) is 6.70. The van der Waals surface area contributed by atoms with Crippen LogP contribution in [0, 0.1) is 0 Å². The summed E-state index contributed by atoms with van der Waals surface area (Å²) in [7, 11) is 1.99. The number of nitrogens with zero attached hydrogens (tertiary/aromatic N) is 2. The van der Waals surface area contributed by atoms with Gasteiger partial charge >= 0.3 is 0 Å². The first-order chi connectivity index (χ1) is 8.57. The van der Waals surface area contributed by atoms with Crippen molar-refractivity contribution < 1.29 is 0 Å². The van der Waals surface area contributed by atoms with Gasteiger partial charge in [0.15, 0.2) is 0 Å². The van der Waals surface area contributed by atoms with E-state index in [1.54, 1.807) is 6.20 Å². The highest BCUT2D eigenvalue weighted by Gasteiger charge is 2.37. The molecule has 4 nitrogen and oxygen atoms in total. The highest BCUT2D eigenvalue weighted by Crippen LogP contribution is 2.34. The third-order valence-electron chi connectivity index (χ3n) is 4.10. The topological polar surface area (TPSA) is 54.2 Å². The van der Waals surface area contributed by atoms with Crippen molar-refractivity contribution in [2.24, 2.45) is 0 Å². The van der Waals surface area contributed by atoms with E-state index >= 15 is 0 Å². The number of hydrogen-bond donors (Lipinski definition) is 2. The van der Waals surface area contributed by atoms with Crippen LogP contribution in [-0.2, 0) is 0 Å². The van der Waals surface area contributed by atoms with Gasteiger partial charge in [-0.05, 0) is 52.9 Å². The molecular weight excluding hydrogens is 224 g/mol. The van der Waals surface area contributed by atoms with Crippen LogP contribution in [0.4, 0.5) is 5.82 Å². The average molecular weight is 248 g/mol. The lowest BCUT2D eigenvalue weighted by Gasteiger charge is -2.42. The van der Waals surface area contributed by atoms with Gasteiger partial charge in [-0.3, -0.25) is 4.90 Å². The van der Waals surface area contributed by atoms with E-state index in [0.717, 1.165) is 5.56 Å². The normalized spacial score (nSPS) is 19.1. The van der Waals surface area contributed by atoms with Crippen molar-refractivity contribution in [1.29, 1.82) is 0 Å². The first kappa shape index (κ1) is 13.3. The number of anilines is 1. The summed E-state index contributed by atoms with van der Waals surface area (Å²) in [5.41, 5.74) is 7.16. The number of aromatic nitrogens is 1. The minimum Gasteiger partial charge on any atom is -0.383 e. The third-order valence-corrected chi connectivity index (χ3v) is 4.10. The minimum absolute atomic E-state index is 0.0441. The Hall–Kier alpha value is -1.13. The monoisotopic (exact) mass is 248 g/mol. The second-order valence-corrected chi connectivity index (χ2v) is 5.55. The molecule has 100 valence electrons. The fraction of sp³-hybridized carbons (Fsp3) is 0.643. The summed E-state index contributed by atoms with van der Waals surface area (Å²) in [6.07, 6.45) is 4.33. The van der Waals surface area contributed by atoms with E-state index in [1.165, 1.54) is 25.9 Å². The number of likely N-dealkylation sites (N-methyl/N-ethyl adjacent to an activating group) is 1. The van der Waals surface area contributed by atoms with Gasteiger partial charge in [0.1, 0.15) is 5.82 Å². The smallest absolute Gasteiger partial charge is 0.128 e. The zero-order chi connectivity index (χ0) is 13.2. The Kier molecular flexibility index (Phi) is 3.88. The van der Waals surface area contributed by atoms with Crippen LogP contribution in [0.3, 0.4) is 0 Å². The Bertz CT molecular complexity index is 397. The number of nitrogen functional groups attached to an aromatic ring is 1. The van der Waals surface area contributed by atoms with E-state index in [-0.39, 0.29) is 11.6 Å². The number of rotatable bonds is 4. The molecule has 1 saturated heterocycles. The molecule has 0 radical (unpaired) electrons. The molecule has 0 spiro atoms. The van der Waals surface area contributed by atoms with Crippen molar-refractivity contribution >= 4 is 5.82 Å². The predicted octanol–water partition coefficient (Wildman–Crippen LogP) is 1.80. The number of pyridine rings is 1. The molecule has 3 N–H and O–H groups in total. The lowest BCUT2D eigenvalue weighted by Crippen LogP contribution is -2.51. The summed E-state index contributed by atoms with van der Waals surface area (Å²) in [5, 5.41) is 3.41. The molecule has 0 aromatic carbocycles. The molecule has 0 amide bonds. The molecule has 2 heterocycles. The van der Waals surface area contributed by atoms with Crippen molar-refractivity contribution in [1.82, 2.24) is 15.2 Å². The first-order valence-electron chi connectivity index (χ1n) is 6.70. The maximum Gasteiger partial charge on any atom is 0.128 e. The molecule has 1 unspecified atom stereocenters. The Morgan fingerprint density at radius 3 is 2.61 bits per heavy atom. The zero-order valence-electron chi connectivity index (χ0n) is 11.6. The van der Waals surface area contributed by atoms with Crippen LogP contribution < -0.4 is 11.1 Å². The second kappa shape index (κ2) is 5.24. The van der Waals surface area contributed by atoms with E-state index in [2.05, 4.69) is 35.1 Å². The van der Waals surface area contributed by atoms with E-state index < -0.39 is 0 Å².